The highest BCUT2D eigenvalue weighted by Crippen LogP contribution is 2.51. The van der Waals surface area contributed by atoms with E-state index in [0.717, 1.165) is 24.0 Å². The molecule has 0 saturated carbocycles. The Balaban J connectivity index is 1.44. The van der Waals surface area contributed by atoms with E-state index in [0.29, 0.717) is 18.9 Å². The van der Waals surface area contributed by atoms with Crippen LogP contribution in [0.15, 0.2) is 65.7 Å². The van der Waals surface area contributed by atoms with Crippen LogP contribution in [0.5, 0.6) is 5.75 Å². The molecule has 0 spiro atoms. The Morgan fingerprint density at radius 1 is 1.09 bits per heavy atom. The van der Waals surface area contributed by atoms with E-state index in [2.05, 4.69) is 32.1 Å². The number of phenols is 1. The maximum atomic E-state index is 13.0. The highest BCUT2D eigenvalue weighted by molar-refractivity contribution is 6.05. The molecule has 2 aromatic carbocycles. The van der Waals surface area contributed by atoms with Crippen molar-refractivity contribution >= 4 is 23.5 Å². The molecule has 35 heavy (non-hydrogen) atoms. The third-order valence-corrected chi connectivity index (χ3v) is 7.89. The van der Waals surface area contributed by atoms with Gasteiger partial charge in [0, 0.05) is 13.0 Å². The number of amides is 2. The topological polar surface area (TPSA) is 66.8 Å². The first-order chi connectivity index (χ1) is 16.8. The average Bonchev–Trinajstić information content (AvgIpc) is 3.36. The number of phenolic OH excluding ortho intramolecular Hbond substituents is 1. The third kappa shape index (κ3) is 4.34. The van der Waals surface area contributed by atoms with Crippen molar-refractivity contribution in [1.29, 1.82) is 0 Å². The van der Waals surface area contributed by atoms with Crippen LogP contribution in [0.3, 0.4) is 0 Å². The summed E-state index contributed by atoms with van der Waals surface area (Å²) >= 11 is 0. The van der Waals surface area contributed by atoms with Gasteiger partial charge in [0.25, 0.3) is 0 Å². The van der Waals surface area contributed by atoms with Crippen LogP contribution in [0.25, 0.3) is 11.6 Å². The molecule has 5 rings (SSSR count). The van der Waals surface area contributed by atoms with Gasteiger partial charge in [-0.2, -0.15) is 0 Å². The molecule has 2 aromatic rings. The smallest absolute Gasteiger partial charge is 0.233 e. The second-order valence-electron chi connectivity index (χ2n) is 10.3. The molecule has 0 radical (unpaired) electrons. The fourth-order valence-corrected chi connectivity index (χ4v) is 6.17. The number of fused-ring (bicyclic) bond motifs is 3. The lowest BCUT2D eigenvalue weighted by Crippen LogP contribution is -2.34. The van der Waals surface area contributed by atoms with E-state index < -0.39 is 0 Å². The number of allylic oxidation sites excluding steroid dienone is 2. The number of carbonyl (C=O) groups excluding carboxylic acids is 2. The maximum Gasteiger partial charge on any atom is 0.233 e. The van der Waals surface area contributed by atoms with Crippen molar-refractivity contribution in [3.8, 4) is 5.75 Å². The molecule has 2 aliphatic heterocycles. The van der Waals surface area contributed by atoms with E-state index >= 15 is 0 Å². The van der Waals surface area contributed by atoms with Gasteiger partial charge in [-0.25, -0.2) is 0 Å². The molecule has 5 heteroatoms. The first-order valence-electron chi connectivity index (χ1n) is 12.6. The molecule has 2 fully saturated rings. The zero-order valence-corrected chi connectivity index (χ0v) is 20.6. The summed E-state index contributed by atoms with van der Waals surface area (Å²) in [5.41, 5.74) is 5.84. The van der Waals surface area contributed by atoms with Gasteiger partial charge in [-0.1, -0.05) is 68.0 Å². The molecule has 0 bridgehead atoms. The molecule has 4 atom stereocenters. The van der Waals surface area contributed by atoms with Crippen LogP contribution in [0.2, 0.25) is 0 Å². The van der Waals surface area contributed by atoms with Crippen LogP contribution in [-0.2, 0) is 14.3 Å². The van der Waals surface area contributed by atoms with Crippen LogP contribution >= 0.6 is 0 Å². The van der Waals surface area contributed by atoms with Crippen LogP contribution in [0.1, 0.15) is 44.2 Å². The molecule has 0 aromatic heterocycles. The van der Waals surface area contributed by atoms with Crippen LogP contribution in [0, 0.1) is 23.7 Å². The van der Waals surface area contributed by atoms with Crippen LogP contribution in [-0.4, -0.2) is 41.6 Å². The minimum atomic E-state index is -0.286. The van der Waals surface area contributed by atoms with E-state index in [9.17, 15) is 14.7 Å². The number of hydrogen-bond donors (Lipinski definition) is 1. The summed E-state index contributed by atoms with van der Waals surface area (Å²) in [6.07, 6.45) is 4.34. The van der Waals surface area contributed by atoms with E-state index in [1.807, 2.05) is 30.3 Å². The van der Waals surface area contributed by atoms with Gasteiger partial charge in [-0.15, -0.1) is 0 Å². The second kappa shape index (κ2) is 9.46. The van der Waals surface area contributed by atoms with Gasteiger partial charge in [0.05, 0.1) is 24.5 Å². The summed E-state index contributed by atoms with van der Waals surface area (Å²) < 4.78 is 6.36. The SMILES string of the molecule is CC(C)C1=C2[C@@H](CC/C(=C/c3cccc(O)c3)c3ccccc3)OC[C@@H]2[C@@H]2C(=O)N(C)C(=O)[C@@H]2C1. The number of imide groups is 1. The van der Waals surface area contributed by atoms with E-state index in [1.54, 1.807) is 19.2 Å². The van der Waals surface area contributed by atoms with E-state index in [-0.39, 0.29) is 41.4 Å². The fraction of sp³-hybridized carbons (Fsp3) is 0.400. The molecule has 2 heterocycles. The first-order valence-corrected chi connectivity index (χ1v) is 12.6. The first kappa shape index (κ1) is 23.6. The lowest BCUT2D eigenvalue weighted by molar-refractivity contribution is -0.138. The number of nitrogens with zero attached hydrogens (tertiary/aromatic N) is 1. The van der Waals surface area contributed by atoms with Crippen molar-refractivity contribution in [1.82, 2.24) is 4.90 Å². The van der Waals surface area contributed by atoms with Crippen LogP contribution in [0.4, 0.5) is 0 Å². The van der Waals surface area contributed by atoms with Gasteiger partial charge in [-0.05, 0) is 59.6 Å². The Morgan fingerprint density at radius 2 is 1.86 bits per heavy atom. The highest BCUT2D eigenvalue weighted by Gasteiger charge is 2.56. The molecule has 2 saturated heterocycles. The van der Waals surface area contributed by atoms with E-state index in [4.69, 9.17) is 4.74 Å². The molecule has 5 nitrogen and oxygen atoms in total. The van der Waals surface area contributed by atoms with Crippen LogP contribution < -0.4 is 0 Å². The zero-order valence-electron chi connectivity index (χ0n) is 20.6. The molecule has 182 valence electrons. The highest BCUT2D eigenvalue weighted by atomic mass is 16.5. The van der Waals surface area contributed by atoms with Crippen molar-refractivity contribution in [3.05, 3.63) is 76.9 Å². The molecule has 1 N–H and O–H groups in total. The number of carbonyl (C=O) groups is 2. The fourth-order valence-electron chi connectivity index (χ4n) is 6.17. The Bertz CT molecular complexity index is 1200. The minimum absolute atomic E-state index is 0.00669. The van der Waals surface area contributed by atoms with Gasteiger partial charge in [-0.3, -0.25) is 14.5 Å². The molecular weight excluding hydrogens is 438 g/mol. The quantitative estimate of drug-likeness (QED) is 0.352. The van der Waals surface area contributed by atoms with Gasteiger partial charge in [0.15, 0.2) is 0 Å². The number of aromatic hydroxyl groups is 1. The molecule has 0 unspecified atom stereocenters. The monoisotopic (exact) mass is 471 g/mol. The van der Waals surface area contributed by atoms with Gasteiger partial charge >= 0.3 is 0 Å². The summed E-state index contributed by atoms with van der Waals surface area (Å²) in [4.78, 5) is 27.1. The van der Waals surface area contributed by atoms with Crippen molar-refractivity contribution in [2.45, 2.75) is 39.2 Å². The zero-order chi connectivity index (χ0) is 24.7. The average molecular weight is 472 g/mol. The van der Waals surface area contributed by atoms with Gasteiger partial charge < -0.3 is 9.84 Å². The minimum Gasteiger partial charge on any atom is -0.508 e. The van der Waals surface area contributed by atoms with Crippen molar-refractivity contribution in [3.63, 3.8) is 0 Å². The standard InChI is InChI=1S/C30H33NO4/c1-18(2)23-16-24-28(30(34)31(3)29(24)33)25-17-35-26(27(23)25)13-12-21(20-9-5-4-6-10-20)14-19-8-7-11-22(32)15-19/h4-11,14-15,18,24-26,28,32H,12-13,16-17H2,1-3H3/b21-14-/t24-,25+,26-,28-/m1/s1. The predicted octanol–water partition coefficient (Wildman–Crippen LogP) is 5.32. The van der Waals surface area contributed by atoms with Crippen molar-refractivity contribution in [2.75, 3.05) is 13.7 Å². The number of hydrogen-bond acceptors (Lipinski definition) is 4. The molecule has 3 aliphatic rings. The summed E-state index contributed by atoms with van der Waals surface area (Å²) in [5.74, 6) is -0.0737. The second-order valence-corrected chi connectivity index (χ2v) is 10.3. The lowest BCUT2D eigenvalue weighted by atomic mass is 9.67. The third-order valence-electron chi connectivity index (χ3n) is 7.89. The molecule has 2 amide bonds. The maximum absolute atomic E-state index is 13.0. The summed E-state index contributed by atoms with van der Waals surface area (Å²) in [5, 5.41) is 9.93. The van der Waals surface area contributed by atoms with Crippen molar-refractivity contribution in [2.24, 2.45) is 23.7 Å². The molecular formula is C30H33NO4. The van der Waals surface area contributed by atoms with Gasteiger partial charge in [0.1, 0.15) is 5.75 Å². The molecule has 1 aliphatic carbocycles. The van der Waals surface area contributed by atoms with E-state index in [1.165, 1.54) is 21.6 Å². The predicted molar refractivity (Wildman–Crippen MR) is 136 cm³/mol. The largest absolute Gasteiger partial charge is 0.508 e. The Kier molecular flexibility index (Phi) is 6.37. The Morgan fingerprint density at radius 3 is 2.57 bits per heavy atom. The summed E-state index contributed by atoms with van der Waals surface area (Å²) in [6, 6.07) is 17.6. The lowest BCUT2D eigenvalue weighted by Gasteiger charge is -2.33. The number of benzene rings is 2. The van der Waals surface area contributed by atoms with Gasteiger partial charge in [0.2, 0.25) is 11.8 Å². The Hall–Kier alpha value is -3.18. The van der Waals surface area contributed by atoms with Crippen molar-refractivity contribution < 1.29 is 19.4 Å². The summed E-state index contributed by atoms with van der Waals surface area (Å²) in [7, 11) is 1.61. The summed E-state index contributed by atoms with van der Waals surface area (Å²) in [6.45, 7) is 4.86. The Labute approximate surface area is 207 Å². The number of ether oxygens (including phenoxy) is 1. The number of likely N-dealkylation sites (tertiary alicyclic amines) is 1. The number of rotatable bonds is 6. The normalized spacial score (nSPS) is 26.5.